The Bertz CT molecular complexity index is 1760. The van der Waals surface area contributed by atoms with E-state index in [1.165, 1.54) is 24.4 Å². The molecule has 0 saturated carbocycles. The zero-order chi connectivity index (χ0) is 27.8. The van der Waals surface area contributed by atoms with Gasteiger partial charge in [0, 0.05) is 36.7 Å². The van der Waals surface area contributed by atoms with Crippen LogP contribution in [0.1, 0.15) is 27.3 Å². The van der Waals surface area contributed by atoms with E-state index >= 15 is 0 Å². The van der Waals surface area contributed by atoms with Crippen molar-refractivity contribution in [3.8, 4) is 16.9 Å². The zero-order valence-electron chi connectivity index (χ0n) is 21.7. The molecule has 0 bridgehead atoms. The fourth-order valence-electron chi connectivity index (χ4n) is 5.05. The van der Waals surface area contributed by atoms with Crippen molar-refractivity contribution < 1.29 is 19.0 Å². The molecule has 0 aliphatic carbocycles. The lowest BCUT2D eigenvalue weighted by Crippen LogP contribution is -2.22. The van der Waals surface area contributed by atoms with Gasteiger partial charge in [-0.15, -0.1) is 11.3 Å². The van der Waals surface area contributed by atoms with Gasteiger partial charge in [0.2, 0.25) is 0 Å². The van der Waals surface area contributed by atoms with E-state index in [0.29, 0.717) is 12.3 Å². The van der Waals surface area contributed by atoms with Gasteiger partial charge in [0.15, 0.2) is 5.43 Å². The molecule has 40 heavy (non-hydrogen) atoms. The number of pyridine rings is 1. The van der Waals surface area contributed by atoms with Crippen molar-refractivity contribution in [1.29, 1.82) is 0 Å². The fourth-order valence-corrected chi connectivity index (χ4v) is 5.91. The molecule has 3 heterocycles. The van der Waals surface area contributed by atoms with E-state index in [0.717, 1.165) is 57.2 Å². The van der Waals surface area contributed by atoms with Crippen LogP contribution in [-0.2, 0) is 11.3 Å². The lowest BCUT2D eigenvalue weighted by molar-refractivity contribution is 0.0553. The minimum absolute atomic E-state index is 0.0729. The molecule has 1 N–H and O–H groups in total. The summed E-state index contributed by atoms with van der Waals surface area (Å²) in [5, 5.41) is 10.6. The van der Waals surface area contributed by atoms with E-state index in [1.54, 1.807) is 28.0 Å². The molecule has 1 aliphatic rings. The van der Waals surface area contributed by atoms with Crippen molar-refractivity contribution in [2.24, 2.45) is 0 Å². The molecule has 2 aromatic heterocycles. The zero-order valence-corrected chi connectivity index (χ0v) is 22.5. The first-order chi connectivity index (χ1) is 19.3. The Morgan fingerprint density at radius 2 is 1.82 bits per heavy atom. The Morgan fingerprint density at radius 1 is 1.07 bits per heavy atom. The van der Waals surface area contributed by atoms with Crippen LogP contribution in [0.15, 0.2) is 83.8 Å². The van der Waals surface area contributed by atoms with Gasteiger partial charge in [-0.3, -0.25) is 4.79 Å². The summed E-state index contributed by atoms with van der Waals surface area (Å²) < 4.78 is 21.9. The van der Waals surface area contributed by atoms with Gasteiger partial charge < -0.3 is 19.3 Å². The van der Waals surface area contributed by atoms with E-state index in [-0.39, 0.29) is 17.5 Å². The molecule has 6 rings (SSSR count). The highest BCUT2D eigenvalue weighted by Crippen LogP contribution is 2.30. The number of nitrogens with zero attached hydrogens (tertiary/aromatic N) is 3. The van der Waals surface area contributed by atoms with Crippen molar-refractivity contribution in [2.45, 2.75) is 26.1 Å². The molecule has 9 heteroatoms. The Morgan fingerprint density at radius 3 is 2.58 bits per heavy atom. The number of benzene rings is 3. The summed E-state index contributed by atoms with van der Waals surface area (Å²) in [5.41, 5.74) is 4.16. The first-order valence-electron chi connectivity index (χ1n) is 12.9. The standard InChI is InChI=1S/C31H26FN3O4S/c1-19-33-27-11-10-24(14-30(27)40-19)35-17-26(31(37)38)29(36)15-28(35)21-4-8-23(9-5-21)34-13-12-25(16-34)39-18-20-2-6-22(32)7-3-20/h2-11,14-15,17,25H,12-13,16,18H2,1H3,(H,37,38). The molecule has 1 saturated heterocycles. The van der Waals surface area contributed by atoms with Gasteiger partial charge >= 0.3 is 5.97 Å². The van der Waals surface area contributed by atoms with Crippen molar-refractivity contribution in [3.63, 3.8) is 0 Å². The first kappa shape index (κ1) is 25.9. The molecule has 0 amide bonds. The monoisotopic (exact) mass is 555 g/mol. The number of carbonyl (C=O) groups is 1. The van der Waals surface area contributed by atoms with Crippen molar-refractivity contribution in [1.82, 2.24) is 9.55 Å². The number of aryl methyl sites for hydroxylation is 1. The Kier molecular flexibility index (Phi) is 6.91. The van der Waals surface area contributed by atoms with Crippen LogP contribution in [0.4, 0.5) is 10.1 Å². The van der Waals surface area contributed by atoms with E-state index in [1.807, 2.05) is 49.4 Å². The summed E-state index contributed by atoms with van der Waals surface area (Å²) in [7, 11) is 0. The highest BCUT2D eigenvalue weighted by atomic mass is 32.1. The second-order valence-electron chi connectivity index (χ2n) is 9.84. The molecule has 0 spiro atoms. The maximum absolute atomic E-state index is 13.1. The van der Waals surface area contributed by atoms with E-state index in [2.05, 4.69) is 9.88 Å². The topological polar surface area (TPSA) is 84.7 Å². The SMILES string of the molecule is Cc1nc2ccc(-n3cc(C(=O)O)c(=O)cc3-c3ccc(N4CCC(OCc5ccc(F)cc5)C4)cc3)cc2s1. The summed E-state index contributed by atoms with van der Waals surface area (Å²) in [6, 6.07) is 21.4. The molecule has 5 aromatic rings. The van der Waals surface area contributed by atoms with Crippen LogP contribution in [-0.4, -0.2) is 39.8 Å². The number of carboxylic acids is 1. The number of fused-ring (bicyclic) bond motifs is 1. The minimum atomic E-state index is -1.26. The van der Waals surface area contributed by atoms with Crippen LogP contribution < -0.4 is 10.3 Å². The minimum Gasteiger partial charge on any atom is -0.477 e. The lowest BCUT2D eigenvalue weighted by atomic mass is 10.1. The smallest absolute Gasteiger partial charge is 0.341 e. The van der Waals surface area contributed by atoms with Gasteiger partial charge in [-0.2, -0.15) is 0 Å². The Balaban J connectivity index is 1.25. The van der Waals surface area contributed by atoms with Gasteiger partial charge in [0.25, 0.3) is 0 Å². The third-order valence-electron chi connectivity index (χ3n) is 7.11. The molecule has 7 nitrogen and oxygen atoms in total. The van der Waals surface area contributed by atoms with Crippen LogP contribution in [0.2, 0.25) is 0 Å². The van der Waals surface area contributed by atoms with E-state index < -0.39 is 11.4 Å². The number of hydrogen-bond acceptors (Lipinski definition) is 6. The number of halogens is 1. The predicted molar refractivity (Wildman–Crippen MR) is 154 cm³/mol. The highest BCUT2D eigenvalue weighted by Gasteiger charge is 2.24. The largest absolute Gasteiger partial charge is 0.477 e. The molecule has 1 atom stereocenters. The quantitative estimate of drug-likeness (QED) is 0.263. The van der Waals surface area contributed by atoms with Crippen molar-refractivity contribution >= 4 is 33.2 Å². The molecule has 1 fully saturated rings. The average Bonchev–Trinajstić information content (AvgIpc) is 3.58. The number of thiazole rings is 1. The second kappa shape index (κ2) is 10.7. The molecule has 0 radical (unpaired) electrons. The number of anilines is 1. The summed E-state index contributed by atoms with van der Waals surface area (Å²) in [6.45, 7) is 3.97. The normalized spacial score (nSPS) is 15.2. The van der Waals surface area contributed by atoms with Crippen molar-refractivity contribution in [2.75, 3.05) is 18.0 Å². The number of ether oxygens (including phenoxy) is 1. The van der Waals surface area contributed by atoms with Crippen molar-refractivity contribution in [3.05, 3.63) is 111 Å². The van der Waals surface area contributed by atoms with Crippen LogP contribution in [0.5, 0.6) is 0 Å². The summed E-state index contributed by atoms with van der Waals surface area (Å²) in [4.78, 5) is 31.2. The first-order valence-corrected chi connectivity index (χ1v) is 13.7. The van der Waals surface area contributed by atoms with Crippen LogP contribution in [0.25, 0.3) is 27.2 Å². The number of carboxylic acid groups (broad SMARTS) is 1. The van der Waals surface area contributed by atoms with E-state index in [9.17, 15) is 19.1 Å². The number of aromatic carboxylic acids is 1. The third-order valence-corrected chi connectivity index (χ3v) is 8.04. The van der Waals surface area contributed by atoms with Gasteiger partial charge in [0.05, 0.1) is 33.6 Å². The molecule has 1 unspecified atom stereocenters. The average molecular weight is 556 g/mol. The summed E-state index contributed by atoms with van der Waals surface area (Å²) in [6.07, 6.45) is 2.36. The lowest BCUT2D eigenvalue weighted by Gasteiger charge is -2.20. The van der Waals surface area contributed by atoms with Gasteiger partial charge in [-0.1, -0.05) is 24.3 Å². The van der Waals surface area contributed by atoms with Crippen LogP contribution in [0, 0.1) is 12.7 Å². The van der Waals surface area contributed by atoms with E-state index in [4.69, 9.17) is 4.74 Å². The van der Waals surface area contributed by atoms with Crippen LogP contribution in [0.3, 0.4) is 0 Å². The summed E-state index contributed by atoms with van der Waals surface area (Å²) in [5.74, 6) is -1.52. The molecule has 1 aliphatic heterocycles. The number of aromatic nitrogens is 2. The third kappa shape index (κ3) is 5.25. The maximum atomic E-state index is 13.1. The molecule has 3 aromatic carbocycles. The summed E-state index contributed by atoms with van der Waals surface area (Å²) >= 11 is 1.56. The molecular weight excluding hydrogens is 529 g/mol. The molecule has 202 valence electrons. The Labute approximate surface area is 233 Å². The predicted octanol–water partition coefficient (Wildman–Crippen LogP) is 6.06. The number of hydrogen-bond donors (Lipinski definition) is 1. The molecular formula is C31H26FN3O4S. The Hall–Kier alpha value is -4.34. The number of rotatable bonds is 7. The fraction of sp³-hybridized carbons (Fsp3) is 0.194. The van der Waals surface area contributed by atoms with Gasteiger partial charge in [0.1, 0.15) is 11.4 Å². The van der Waals surface area contributed by atoms with Gasteiger partial charge in [-0.25, -0.2) is 14.2 Å². The maximum Gasteiger partial charge on any atom is 0.341 e. The highest BCUT2D eigenvalue weighted by molar-refractivity contribution is 7.18. The van der Waals surface area contributed by atoms with Crippen LogP contribution >= 0.6 is 11.3 Å². The second-order valence-corrected chi connectivity index (χ2v) is 11.1. The van der Waals surface area contributed by atoms with Gasteiger partial charge in [-0.05, 0) is 66.9 Å².